The maximum Gasteiger partial charge on any atom is 0.255 e. The number of carbonyl (C=O) groups excluding carboxylic acids is 2. The molecular formula is C23H24N3O3. The van der Waals surface area contributed by atoms with Gasteiger partial charge in [0.15, 0.2) is 0 Å². The molecule has 1 fully saturated rings. The molecule has 2 aromatic carbocycles. The van der Waals surface area contributed by atoms with Gasteiger partial charge in [0.05, 0.1) is 12.0 Å². The summed E-state index contributed by atoms with van der Waals surface area (Å²) in [5.74, 6) is -1.20. The minimum Gasteiger partial charge on any atom is -0.374 e. The highest BCUT2D eigenvalue weighted by Gasteiger charge is 2.33. The van der Waals surface area contributed by atoms with Crippen LogP contribution in [0.5, 0.6) is 0 Å². The lowest BCUT2D eigenvalue weighted by molar-refractivity contribution is -0.123. The lowest BCUT2D eigenvalue weighted by Gasteiger charge is -2.35. The second-order valence-electron chi connectivity index (χ2n) is 7.38. The lowest BCUT2D eigenvalue weighted by atomic mass is 9.94. The molecule has 3 unspecified atom stereocenters. The van der Waals surface area contributed by atoms with E-state index in [0.29, 0.717) is 12.0 Å². The summed E-state index contributed by atoms with van der Waals surface area (Å²) in [6.45, 7) is 2.10. The van der Waals surface area contributed by atoms with Gasteiger partial charge in [0.25, 0.3) is 5.91 Å². The number of primary amides is 1. The third-order valence-electron chi connectivity index (χ3n) is 5.35. The Hall–Kier alpha value is -3.17. The summed E-state index contributed by atoms with van der Waals surface area (Å²) in [5, 5.41) is 19.0. The predicted octanol–water partition coefficient (Wildman–Crippen LogP) is 2.84. The third kappa shape index (κ3) is 4.64. The maximum atomic E-state index is 12.8. The number of aliphatic hydroxyl groups excluding tert-OH is 1. The number of amides is 2. The Bertz CT molecular complexity index is 916. The van der Waals surface area contributed by atoms with Crippen molar-refractivity contribution in [3.63, 3.8) is 0 Å². The Labute approximate surface area is 170 Å². The van der Waals surface area contributed by atoms with Crippen molar-refractivity contribution in [2.24, 2.45) is 11.7 Å². The Kier molecular flexibility index (Phi) is 6.30. The van der Waals surface area contributed by atoms with Crippen LogP contribution in [0.3, 0.4) is 0 Å². The molecule has 149 valence electrons. The number of benzene rings is 2. The summed E-state index contributed by atoms with van der Waals surface area (Å²) in [6.07, 6.45) is 1.39. The van der Waals surface area contributed by atoms with E-state index in [0.717, 1.165) is 16.7 Å². The molecule has 2 amide bonds. The molecule has 0 aromatic heterocycles. The van der Waals surface area contributed by atoms with Crippen LogP contribution in [0.15, 0.2) is 48.5 Å². The van der Waals surface area contributed by atoms with Gasteiger partial charge in [-0.1, -0.05) is 43.3 Å². The van der Waals surface area contributed by atoms with Crippen molar-refractivity contribution in [2.45, 2.75) is 31.9 Å². The van der Waals surface area contributed by atoms with Crippen LogP contribution in [0.2, 0.25) is 0 Å². The molecule has 1 saturated heterocycles. The molecule has 29 heavy (non-hydrogen) atoms. The molecule has 6 nitrogen and oxygen atoms in total. The minimum atomic E-state index is -0.958. The van der Waals surface area contributed by atoms with Gasteiger partial charge in [-0.3, -0.25) is 9.59 Å². The first kappa shape index (κ1) is 20.6. The summed E-state index contributed by atoms with van der Waals surface area (Å²) in [6, 6.07) is 17.4. The van der Waals surface area contributed by atoms with Crippen molar-refractivity contribution in [3.05, 3.63) is 66.1 Å². The molecule has 3 N–H and O–H groups in total. The maximum absolute atomic E-state index is 12.8. The summed E-state index contributed by atoms with van der Waals surface area (Å²) in [7, 11) is 0. The molecule has 3 atom stereocenters. The van der Waals surface area contributed by atoms with Crippen molar-refractivity contribution >= 4 is 11.8 Å². The van der Waals surface area contributed by atoms with Gasteiger partial charge in [0.1, 0.15) is 6.23 Å². The summed E-state index contributed by atoms with van der Waals surface area (Å²) in [4.78, 5) is 25.5. The molecule has 1 heterocycles. The van der Waals surface area contributed by atoms with Gasteiger partial charge in [-0.15, -0.1) is 0 Å². The molecule has 0 spiro atoms. The van der Waals surface area contributed by atoms with Crippen molar-refractivity contribution in [1.82, 2.24) is 4.90 Å². The first-order valence-electron chi connectivity index (χ1n) is 9.59. The zero-order valence-electron chi connectivity index (χ0n) is 16.3. The van der Waals surface area contributed by atoms with E-state index in [1.165, 1.54) is 4.90 Å². The number of likely N-dealkylation sites (tertiary alicyclic amines) is 1. The number of hydrogen-bond acceptors (Lipinski definition) is 4. The number of nitrogens with two attached hydrogens (primary N) is 1. The fraction of sp³-hybridized carbons (Fsp3) is 0.304. The lowest BCUT2D eigenvalue weighted by Crippen LogP contribution is -2.50. The second kappa shape index (κ2) is 8.89. The van der Waals surface area contributed by atoms with Crippen LogP contribution in [0.1, 0.15) is 41.6 Å². The number of piperidine rings is 1. The zero-order chi connectivity index (χ0) is 21.0. The number of hydrogen-bond donors (Lipinski definition) is 2. The van der Waals surface area contributed by atoms with Crippen LogP contribution in [-0.2, 0) is 4.79 Å². The van der Waals surface area contributed by atoms with Gasteiger partial charge >= 0.3 is 0 Å². The fourth-order valence-corrected chi connectivity index (χ4v) is 3.48. The highest BCUT2D eigenvalue weighted by molar-refractivity contribution is 5.95. The van der Waals surface area contributed by atoms with Gasteiger partial charge < -0.3 is 15.7 Å². The van der Waals surface area contributed by atoms with Gasteiger partial charge in [-0.25, -0.2) is 0 Å². The first-order chi connectivity index (χ1) is 13.9. The van der Waals surface area contributed by atoms with Crippen molar-refractivity contribution < 1.29 is 14.7 Å². The van der Waals surface area contributed by atoms with E-state index >= 15 is 0 Å². The van der Waals surface area contributed by atoms with Crippen molar-refractivity contribution in [3.8, 4) is 17.2 Å². The molecule has 1 aliphatic heterocycles. The third-order valence-corrected chi connectivity index (χ3v) is 5.35. The van der Waals surface area contributed by atoms with E-state index in [1.54, 1.807) is 18.6 Å². The van der Waals surface area contributed by atoms with E-state index in [4.69, 9.17) is 11.0 Å². The molecule has 0 bridgehead atoms. The Balaban J connectivity index is 1.73. The summed E-state index contributed by atoms with van der Waals surface area (Å²) < 4.78 is 0. The Morgan fingerprint density at radius 3 is 2.31 bits per heavy atom. The topological polar surface area (TPSA) is 107 Å². The van der Waals surface area contributed by atoms with Gasteiger partial charge in [-0.05, 0) is 47.6 Å². The second-order valence-corrected chi connectivity index (χ2v) is 7.38. The number of nitriles is 1. The molecule has 3 rings (SSSR count). The molecule has 1 radical (unpaired) electrons. The number of nitrogens with zero attached hydrogens (tertiary/aromatic N) is 2. The van der Waals surface area contributed by atoms with Crippen LogP contribution < -0.4 is 5.73 Å². The summed E-state index contributed by atoms with van der Waals surface area (Å²) >= 11 is 0. The predicted molar refractivity (Wildman–Crippen MR) is 109 cm³/mol. The standard InChI is InChI=1S/C23H24N3O3/c1-15(12-13-24)16-2-4-17(5-3-16)18-6-8-19(9-7-18)23(29)26-14-20(22(25)28)10-11-21(26)27/h2-10,15,20-21,27H,11-12,14H2,1H3,(H2,25,28). The highest BCUT2D eigenvalue weighted by Crippen LogP contribution is 2.26. The molecule has 0 saturated carbocycles. The van der Waals surface area contributed by atoms with E-state index < -0.39 is 18.1 Å². The van der Waals surface area contributed by atoms with Gasteiger partial charge in [-0.2, -0.15) is 5.26 Å². The molecule has 6 heteroatoms. The smallest absolute Gasteiger partial charge is 0.255 e. The van der Waals surface area contributed by atoms with Crippen molar-refractivity contribution in [1.29, 1.82) is 5.26 Å². The van der Waals surface area contributed by atoms with E-state index in [1.807, 2.05) is 43.3 Å². The first-order valence-corrected chi connectivity index (χ1v) is 9.59. The average Bonchev–Trinajstić information content (AvgIpc) is 2.74. The van der Waals surface area contributed by atoms with E-state index in [2.05, 4.69) is 6.07 Å². The molecule has 1 aliphatic rings. The summed E-state index contributed by atoms with van der Waals surface area (Å²) in [5.41, 5.74) is 8.87. The largest absolute Gasteiger partial charge is 0.374 e. The normalized spacial score (nSPS) is 20.0. The van der Waals surface area contributed by atoms with Crippen LogP contribution in [-0.4, -0.2) is 34.6 Å². The average molecular weight is 390 g/mol. The van der Waals surface area contributed by atoms with Crippen LogP contribution in [0, 0.1) is 23.7 Å². The SMILES string of the molecule is CC(CC#N)c1ccc(-c2ccc(C(=O)N3CC(C(N)=O)[CH]CC3O)cc2)cc1. The van der Waals surface area contributed by atoms with Gasteiger partial charge in [0.2, 0.25) is 5.91 Å². The minimum absolute atomic E-state index is 0.0828. The van der Waals surface area contributed by atoms with Crippen molar-refractivity contribution in [2.75, 3.05) is 6.54 Å². The van der Waals surface area contributed by atoms with Gasteiger partial charge in [0, 0.05) is 18.5 Å². The van der Waals surface area contributed by atoms with E-state index in [-0.39, 0.29) is 24.8 Å². The zero-order valence-corrected chi connectivity index (χ0v) is 16.3. The van der Waals surface area contributed by atoms with Crippen LogP contribution in [0.4, 0.5) is 0 Å². The molecule has 2 aromatic rings. The molecular weight excluding hydrogens is 366 g/mol. The highest BCUT2D eigenvalue weighted by atomic mass is 16.3. The van der Waals surface area contributed by atoms with Crippen LogP contribution >= 0.6 is 0 Å². The number of rotatable bonds is 5. The molecule has 0 aliphatic carbocycles. The Morgan fingerprint density at radius 2 is 1.76 bits per heavy atom. The van der Waals surface area contributed by atoms with E-state index in [9.17, 15) is 14.7 Å². The quantitative estimate of drug-likeness (QED) is 0.818. The monoisotopic (exact) mass is 390 g/mol. The fourth-order valence-electron chi connectivity index (χ4n) is 3.48. The number of carbonyl (C=O) groups is 2. The Morgan fingerprint density at radius 1 is 1.17 bits per heavy atom. The number of aliphatic hydroxyl groups is 1. The van der Waals surface area contributed by atoms with Crippen LogP contribution in [0.25, 0.3) is 11.1 Å².